The van der Waals surface area contributed by atoms with Crippen LogP contribution in [0, 0.1) is 11.8 Å². The Labute approximate surface area is 122 Å². The van der Waals surface area contributed by atoms with Crippen molar-refractivity contribution in [2.45, 2.75) is 19.4 Å². The summed E-state index contributed by atoms with van der Waals surface area (Å²) in [4.78, 5) is 8.59. The minimum Gasteiger partial charge on any atom is -0.362 e. The van der Waals surface area contributed by atoms with Crippen LogP contribution in [0.2, 0.25) is 0 Å². The molecule has 2 heterocycles. The summed E-state index contributed by atoms with van der Waals surface area (Å²) in [5.74, 6) is 2.26. The topological polar surface area (TPSA) is 66.5 Å². The zero-order chi connectivity index (χ0) is 14.2. The number of aromatic amines is 1. The SMILES string of the molecule is CC1CC1C(Nc1ncnc2[nH]ncc12)c1ccccc1. The van der Waals surface area contributed by atoms with Crippen molar-refractivity contribution in [1.82, 2.24) is 20.2 Å². The van der Waals surface area contributed by atoms with Gasteiger partial charge in [-0.05, 0) is 23.8 Å². The molecule has 0 aliphatic heterocycles. The highest BCUT2D eigenvalue weighted by atomic mass is 15.2. The molecule has 1 fully saturated rings. The van der Waals surface area contributed by atoms with Gasteiger partial charge in [0.25, 0.3) is 0 Å². The summed E-state index contributed by atoms with van der Waals surface area (Å²) in [6, 6.07) is 10.9. The molecule has 106 valence electrons. The molecule has 3 unspecified atom stereocenters. The standard InChI is InChI=1S/C16H17N5/c1-10-7-12(10)14(11-5-3-2-4-6-11)20-15-13-8-19-21-16(13)18-9-17-15/h2-6,8-10,12,14H,7H2,1H3,(H2,17,18,19,20,21). The van der Waals surface area contributed by atoms with Gasteiger partial charge in [-0.15, -0.1) is 0 Å². The molecule has 5 heteroatoms. The second-order valence-corrected chi connectivity index (χ2v) is 5.76. The van der Waals surface area contributed by atoms with Crippen LogP contribution in [-0.4, -0.2) is 20.2 Å². The molecule has 1 aliphatic carbocycles. The Kier molecular flexibility index (Phi) is 2.84. The van der Waals surface area contributed by atoms with Crippen LogP contribution in [0.3, 0.4) is 0 Å². The van der Waals surface area contributed by atoms with E-state index in [1.807, 2.05) is 0 Å². The number of aromatic nitrogens is 4. The zero-order valence-corrected chi connectivity index (χ0v) is 11.8. The van der Waals surface area contributed by atoms with Crippen LogP contribution < -0.4 is 5.32 Å². The van der Waals surface area contributed by atoms with Gasteiger partial charge < -0.3 is 5.32 Å². The van der Waals surface area contributed by atoms with Crippen molar-refractivity contribution in [1.29, 1.82) is 0 Å². The van der Waals surface area contributed by atoms with Gasteiger partial charge in [0.05, 0.1) is 17.6 Å². The third-order valence-electron chi connectivity index (χ3n) is 4.30. The van der Waals surface area contributed by atoms with E-state index in [0.29, 0.717) is 5.92 Å². The van der Waals surface area contributed by atoms with Crippen LogP contribution >= 0.6 is 0 Å². The summed E-state index contributed by atoms with van der Waals surface area (Å²) in [6.07, 6.45) is 4.60. The van der Waals surface area contributed by atoms with E-state index in [4.69, 9.17) is 0 Å². The van der Waals surface area contributed by atoms with Crippen molar-refractivity contribution in [2.75, 3.05) is 5.32 Å². The Morgan fingerprint density at radius 3 is 2.81 bits per heavy atom. The molecule has 0 spiro atoms. The van der Waals surface area contributed by atoms with Crippen molar-refractivity contribution < 1.29 is 0 Å². The van der Waals surface area contributed by atoms with E-state index < -0.39 is 0 Å². The molecule has 0 saturated heterocycles. The highest BCUT2D eigenvalue weighted by Crippen LogP contribution is 2.48. The van der Waals surface area contributed by atoms with Crippen molar-refractivity contribution in [2.24, 2.45) is 11.8 Å². The Balaban J connectivity index is 1.70. The van der Waals surface area contributed by atoms with E-state index in [9.17, 15) is 0 Å². The predicted molar refractivity (Wildman–Crippen MR) is 81.8 cm³/mol. The minimum absolute atomic E-state index is 0.286. The van der Waals surface area contributed by atoms with Gasteiger partial charge in [-0.1, -0.05) is 37.3 Å². The maximum absolute atomic E-state index is 4.40. The van der Waals surface area contributed by atoms with Crippen LogP contribution in [-0.2, 0) is 0 Å². The Morgan fingerprint density at radius 2 is 2.05 bits per heavy atom. The van der Waals surface area contributed by atoms with E-state index in [2.05, 4.69) is 62.7 Å². The number of nitrogens with one attached hydrogen (secondary N) is 2. The van der Waals surface area contributed by atoms with E-state index >= 15 is 0 Å². The molecule has 4 rings (SSSR count). The fourth-order valence-corrected chi connectivity index (χ4v) is 2.94. The monoisotopic (exact) mass is 279 g/mol. The summed E-state index contributed by atoms with van der Waals surface area (Å²) >= 11 is 0. The quantitative estimate of drug-likeness (QED) is 0.770. The van der Waals surface area contributed by atoms with Gasteiger partial charge >= 0.3 is 0 Å². The lowest BCUT2D eigenvalue weighted by molar-refractivity contribution is 0.629. The van der Waals surface area contributed by atoms with E-state index in [1.54, 1.807) is 12.5 Å². The molecular formula is C16H17N5. The molecule has 0 amide bonds. The molecule has 1 aromatic carbocycles. The fraction of sp³-hybridized carbons (Fsp3) is 0.312. The molecule has 0 radical (unpaired) electrons. The highest BCUT2D eigenvalue weighted by molar-refractivity contribution is 5.85. The first-order valence-corrected chi connectivity index (χ1v) is 7.28. The number of hydrogen-bond acceptors (Lipinski definition) is 4. The molecule has 3 atom stereocenters. The van der Waals surface area contributed by atoms with Crippen LogP contribution in [0.5, 0.6) is 0 Å². The number of fused-ring (bicyclic) bond motifs is 1. The minimum atomic E-state index is 0.286. The number of rotatable bonds is 4. The second-order valence-electron chi connectivity index (χ2n) is 5.76. The first kappa shape index (κ1) is 12.3. The Morgan fingerprint density at radius 1 is 1.24 bits per heavy atom. The second kappa shape index (κ2) is 4.84. The van der Waals surface area contributed by atoms with Crippen LogP contribution in [0.1, 0.15) is 24.9 Å². The van der Waals surface area contributed by atoms with Gasteiger partial charge in [0, 0.05) is 0 Å². The van der Waals surface area contributed by atoms with Crippen LogP contribution in [0.25, 0.3) is 11.0 Å². The maximum Gasteiger partial charge on any atom is 0.160 e. The molecular weight excluding hydrogens is 262 g/mol. The molecule has 1 saturated carbocycles. The number of anilines is 1. The largest absolute Gasteiger partial charge is 0.362 e. The number of hydrogen-bond donors (Lipinski definition) is 2. The number of H-pyrrole nitrogens is 1. The first-order valence-electron chi connectivity index (χ1n) is 7.28. The summed E-state index contributed by atoms with van der Waals surface area (Å²) in [7, 11) is 0. The van der Waals surface area contributed by atoms with Gasteiger partial charge in [0.15, 0.2) is 5.65 Å². The smallest absolute Gasteiger partial charge is 0.160 e. The van der Waals surface area contributed by atoms with Gasteiger partial charge in [0.2, 0.25) is 0 Å². The molecule has 1 aliphatic rings. The lowest BCUT2D eigenvalue weighted by atomic mass is 10.0. The molecule has 2 N–H and O–H groups in total. The predicted octanol–water partition coefficient (Wildman–Crippen LogP) is 3.16. The lowest BCUT2D eigenvalue weighted by Gasteiger charge is -2.20. The zero-order valence-electron chi connectivity index (χ0n) is 11.8. The summed E-state index contributed by atoms with van der Waals surface area (Å²) in [5.41, 5.74) is 2.07. The van der Waals surface area contributed by atoms with Gasteiger partial charge in [0.1, 0.15) is 12.1 Å². The average molecular weight is 279 g/mol. The molecule has 5 nitrogen and oxygen atoms in total. The van der Waals surface area contributed by atoms with E-state index in [-0.39, 0.29) is 6.04 Å². The van der Waals surface area contributed by atoms with Gasteiger partial charge in [-0.3, -0.25) is 5.10 Å². The van der Waals surface area contributed by atoms with Crippen LogP contribution in [0.4, 0.5) is 5.82 Å². The molecule has 0 bridgehead atoms. The third kappa shape index (κ3) is 2.24. The highest BCUT2D eigenvalue weighted by Gasteiger charge is 2.40. The normalized spacial score (nSPS) is 22.1. The Hall–Kier alpha value is -2.43. The number of benzene rings is 1. The molecule has 21 heavy (non-hydrogen) atoms. The van der Waals surface area contributed by atoms with Crippen molar-refractivity contribution in [3.63, 3.8) is 0 Å². The van der Waals surface area contributed by atoms with Crippen molar-refractivity contribution >= 4 is 16.9 Å². The molecule has 3 aromatic rings. The van der Waals surface area contributed by atoms with E-state index in [1.165, 1.54) is 12.0 Å². The van der Waals surface area contributed by atoms with Crippen molar-refractivity contribution in [3.8, 4) is 0 Å². The average Bonchev–Trinajstić information content (AvgIpc) is 3.04. The third-order valence-corrected chi connectivity index (χ3v) is 4.30. The van der Waals surface area contributed by atoms with Crippen molar-refractivity contribution in [3.05, 3.63) is 48.4 Å². The lowest BCUT2D eigenvalue weighted by Crippen LogP contribution is -2.15. The summed E-state index contributed by atoms with van der Waals surface area (Å²) < 4.78 is 0. The van der Waals surface area contributed by atoms with Gasteiger partial charge in [-0.2, -0.15) is 5.10 Å². The Bertz CT molecular complexity index is 751. The first-order chi connectivity index (χ1) is 10.3. The summed E-state index contributed by atoms with van der Waals surface area (Å²) in [6.45, 7) is 2.30. The summed E-state index contributed by atoms with van der Waals surface area (Å²) in [5, 5.41) is 11.5. The van der Waals surface area contributed by atoms with Crippen LogP contribution in [0.15, 0.2) is 42.9 Å². The number of nitrogens with zero attached hydrogens (tertiary/aromatic N) is 3. The maximum atomic E-state index is 4.40. The van der Waals surface area contributed by atoms with Gasteiger partial charge in [-0.25, -0.2) is 9.97 Å². The van der Waals surface area contributed by atoms with E-state index in [0.717, 1.165) is 22.8 Å². The fourth-order valence-electron chi connectivity index (χ4n) is 2.94. The molecule has 2 aromatic heterocycles.